The molecule has 0 unspecified atom stereocenters. The lowest BCUT2D eigenvalue weighted by Gasteiger charge is -2.13. The fourth-order valence-electron chi connectivity index (χ4n) is 1.88. The minimum atomic E-state index is -0.198. The van der Waals surface area contributed by atoms with Gasteiger partial charge in [-0.3, -0.25) is 0 Å². The molecule has 0 aliphatic heterocycles. The first-order chi connectivity index (χ1) is 7.59. The van der Waals surface area contributed by atoms with Crippen LogP contribution in [0.25, 0.3) is 11.9 Å². The van der Waals surface area contributed by atoms with E-state index in [4.69, 9.17) is 5.73 Å². The Labute approximate surface area is 94.7 Å². The molecule has 1 heterocycles. The van der Waals surface area contributed by atoms with Crippen molar-refractivity contribution in [3.63, 3.8) is 0 Å². The highest BCUT2D eigenvalue weighted by Crippen LogP contribution is 2.32. The molecule has 0 atom stereocenters. The second-order valence-electron chi connectivity index (χ2n) is 4.24. The van der Waals surface area contributed by atoms with Crippen LogP contribution in [-0.2, 0) is 0 Å². The number of pyridine rings is 1. The van der Waals surface area contributed by atoms with Gasteiger partial charge in [0, 0.05) is 5.56 Å². The average molecular weight is 218 g/mol. The molecule has 0 fully saturated rings. The summed E-state index contributed by atoms with van der Waals surface area (Å²) in [7, 11) is 0. The number of nitrogens with two attached hydrogens (primary N) is 1. The van der Waals surface area contributed by atoms with Crippen LogP contribution in [0.4, 0.5) is 10.2 Å². The molecule has 0 saturated heterocycles. The molecule has 0 radical (unpaired) electrons. The number of hydrogen-bond donors (Lipinski definition) is 1. The van der Waals surface area contributed by atoms with Crippen LogP contribution < -0.4 is 5.73 Å². The van der Waals surface area contributed by atoms with Crippen molar-refractivity contribution in [1.82, 2.24) is 4.98 Å². The molecule has 84 valence electrons. The van der Waals surface area contributed by atoms with Gasteiger partial charge in [-0.25, -0.2) is 9.37 Å². The molecule has 0 amide bonds. The summed E-state index contributed by atoms with van der Waals surface area (Å²) < 4.78 is 13.9. The molecule has 1 aliphatic rings. The SMILES string of the molecule is CC(C)c1nc(N)cc2c1C(F)=CCC=C2. The van der Waals surface area contributed by atoms with E-state index in [1.54, 1.807) is 12.1 Å². The zero-order chi connectivity index (χ0) is 11.7. The molecule has 0 saturated carbocycles. The molecular weight excluding hydrogens is 203 g/mol. The van der Waals surface area contributed by atoms with Gasteiger partial charge < -0.3 is 5.73 Å². The highest BCUT2D eigenvalue weighted by atomic mass is 19.1. The largest absolute Gasteiger partial charge is 0.384 e. The van der Waals surface area contributed by atoms with Crippen LogP contribution in [0, 0.1) is 0 Å². The van der Waals surface area contributed by atoms with Crippen LogP contribution in [-0.4, -0.2) is 4.98 Å². The second-order valence-corrected chi connectivity index (χ2v) is 4.24. The average Bonchev–Trinajstić information content (AvgIpc) is 2.39. The number of halogens is 1. The van der Waals surface area contributed by atoms with E-state index in [9.17, 15) is 4.39 Å². The summed E-state index contributed by atoms with van der Waals surface area (Å²) in [6, 6.07) is 1.72. The van der Waals surface area contributed by atoms with E-state index in [0.29, 0.717) is 17.8 Å². The first-order valence-corrected chi connectivity index (χ1v) is 5.42. The van der Waals surface area contributed by atoms with Crippen molar-refractivity contribution in [3.05, 3.63) is 35.0 Å². The molecule has 1 aromatic rings. The summed E-state index contributed by atoms with van der Waals surface area (Å²) in [4.78, 5) is 4.24. The summed E-state index contributed by atoms with van der Waals surface area (Å²) in [5.41, 5.74) is 7.88. The molecule has 0 aromatic carbocycles. The topological polar surface area (TPSA) is 38.9 Å². The molecule has 3 heteroatoms. The quantitative estimate of drug-likeness (QED) is 0.783. The van der Waals surface area contributed by atoms with Gasteiger partial charge in [0.05, 0.1) is 5.69 Å². The lowest BCUT2D eigenvalue weighted by Crippen LogP contribution is -2.04. The molecule has 0 bridgehead atoms. The third kappa shape index (κ3) is 1.85. The molecule has 1 aliphatic carbocycles. The zero-order valence-corrected chi connectivity index (χ0v) is 9.50. The van der Waals surface area contributed by atoms with Crippen LogP contribution >= 0.6 is 0 Å². The Bertz CT molecular complexity index is 473. The van der Waals surface area contributed by atoms with Crippen molar-refractivity contribution in [2.24, 2.45) is 0 Å². The smallest absolute Gasteiger partial charge is 0.129 e. The van der Waals surface area contributed by atoms with Gasteiger partial charge in [0.2, 0.25) is 0 Å². The van der Waals surface area contributed by atoms with Crippen molar-refractivity contribution >= 4 is 17.7 Å². The summed E-state index contributed by atoms with van der Waals surface area (Å²) in [6.45, 7) is 3.98. The van der Waals surface area contributed by atoms with E-state index < -0.39 is 0 Å². The standard InChI is InChI=1S/C13H15FN2/c1-8(2)13-12-9(7-11(15)16-13)5-3-4-6-10(12)14/h3,5-8H,4H2,1-2H3,(H2,15,16). The third-order valence-electron chi connectivity index (χ3n) is 2.61. The Hall–Kier alpha value is -1.64. The summed E-state index contributed by atoms with van der Waals surface area (Å²) in [5.74, 6) is 0.404. The highest BCUT2D eigenvalue weighted by Gasteiger charge is 2.17. The van der Waals surface area contributed by atoms with Crippen LogP contribution in [0.15, 0.2) is 18.2 Å². The van der Waals surface area contributed by atoms with E-state index in [0.717, 1.165) is 11.3 Å². The van der Waals surface area contributed by atoms with Gasteiger partial charge in [0.15, 0.2) is 0 Å². The van der Waals surface area contributed by atoms with Crippen LogP contribution in [0.2, 0.25) is 0 Å². The number of allylic oxidation sites excluding steroid dienone is 2. The van der Waals surface area contributed by atoms with Crippen molar-refractivity contribution in [2.45, 2.75) is 26.2 Å². The Kier molecular flexibility index (Phi) is 2.77. The Morgan fingerprint density at radius 1 is 1.44 bits per heavy atom. The van der Waals surface area contributed by atoms with Gasteiger partial charge in [-0.2, -0.15) is 0 Å². The summed E-state index contributed by atoms with van der Waals surface area (Å²) in [6.07, 6.45) is 6.02. The van der Waals surface area contributed by atoms with Gasteiger partial charge >= 0.3 is 0 Å². The first-order valence-electron chi connectivity index (χ1n) is 5.42. The molecule has 16 heavy (non-hydrogen) atoms. The Balaban J connectivity index is 2.72. The first kappa shape index (κ1) is 10.9. The maximum atomic E-state index is 13.9. The lowest BCUT2D eigenvalue weighted by molar-refractivity contribution is 0.739. The summed E-state index contributed by atoms with van der Waals surface area (Å²) in [5, 5.41) is 0. The summed E-state index contributed by atoms with van der Waals surface area (Å²) >= 11 is 0. The van der Waals surface area contributed by atoms with E-state index >= 15 is 0 Å². The normalized spacial score (nSPS) is 14.6. The van der Waals surface area contributed by atoms with Gasteiger partial charge in [-0.1, -0.05) is 26.0 Å². The fourth-order valence-corrected chi connectivity index (χ4v) is 1.88. The molecule has 2 nitrogen and oxygen atoms in total. The fraction of sp³-hybridized carbons (Fsp3) is 0.308. The van der Waals surface area contributed by atoms with E-state index in [1.807, 2.05) is 26.0 Å². The number of nitrogen functional groups attached to an aromatic ring is 1. The number of hydrogen-bond acceptors (Lipinski definition) is 2. The minimum absolute atomic E-state index is 0.155. The number of fused-ring (bicyclic) bond motifs is 1. The van der Waals surface area contributed by atoms with Gasteiger partial charge in [0.25, 0.3) is 0 Å². The maximum absolute atomic E-state index is 13.9. The highest BCUT2D eigenvalue weighted by molar-refractivity contribution is 5.75. The van der Waals surface area contributed by atoms with Gasteiger partial charge in [-0.15, -0.1) is 0 Å². The predicted octanol–water partition coefficient (Wildman–Crippen LogP) is 3.51. The number of aromatic nitrogens is 1. The lowest BCUT2D eigenvalue weighted by atomic mass is 9.98. The van der Waals surface area contributed by atoms with E-state index in [2.05, 4.69) is 4.98 Å². The van der Waals surface area contributed by atoms with Crippen LogP contribution in [0.5, 0.6) is 0 Å². The van der Waals surface area contributed by atoms with E-state index in [1.165, 1.54) is 0 Å². The monoisotopic (exact) mass is 218 g/mol. The maximum Gasteiger partial charge on any atom is 0.129 e. The Morgan fingerprint density at radius 3 is 2.88 bits per heavy atom. The van der Waals surface area contributed by atoms with Crippen molar-refractivity contribution in [1.29, 1.82) is 0 Å². The molecule has 1 aromatic heterocycles. The number of rotatable bonds is 1. The van der Waals surface area contributed by atoms with Crippen LogP contribution in [0.1, 0.15) is 43.0 Å². The van der Waals surface area contributed by atoms with Crippen LogP contribution in [0.3, 0.4) is 0 Å². The molecule has 2 rings (SSSR count). The third-order valence-corrected chi connectivity index (χ3v) is 2.61. The van der Waals surface area contributed by atoms with Crippen molar-refractivity contribution in [3.8, 4) is 0 Å². The Morgan fingerprint density at radius 2 is 2.19 bits per heavy atom. The van der Waals surface area contributed by atoms with Crippen molar-refractivity contribution < 1.29 is 4.39 Å². The minimum Gasteiger partial charge on any atom is -0.384 e. The molecular formula is C13H15FN2. The van der Waals surface area contributed by atoms with E-state index in [-0.39, 0.29) is 11.7 Å². The number of anilines is 1. The van der Waals surface area contributed by atoms with Gasteiger partial charge in [-0.05, 0) is 30.0 Å². The zero-order valence-electron chi connectivity index (χ0n) is 9.50. The second kappa shape index (κ2) is 4.08. The van der Waals surface area contributed by atoms with Gasteiger partial charge in [0.1, 0.15) is 11.6 Å². The predicted molar refractivity (Wildman–Crippen MR) is 65.5 cm³/mol. The number of nitrogens with zero attached hydrogens (tertiary/aromatic N) is 1. The molecule has 0 spiro atoms. The van der Waals surface area contributed by atoms with Crippen molar-refractivity contribution in [2.75, 3.05) is 5.73 Å². The molecule has 2 N–H and O–H groups in total.